The summed E-state index contributed by atoms with van der Waals surface area (Å²) in [5.74, 6) is 3.32. The molecule has 178 valence electrons. The van der Waals surface area contributed by atoms with E-state index in [9.17, 15) is 15.3 Å². The van der Waals surface area contributed by atoms with Crippen LogP contribution in [0.1, 0.15) is 86.5 Å². The Balaban J connectivity index is 1.83. The second-order valence-electron chi connectivity index (χ2n) is 12.0. The predicted molar refractivity (Wildman–Crippen MR) is 128 cm³/mol. The van der Waals surface area contributed by atoms with Crippen molar-refractivity contribution in [3.8, 4) is 0 Å². The fourth-order valence-corrected chi connectivity index (χ4v) is 7.40. The van der Waals surface area contributed by atoms with Crippen molar-refractivity contribution in [3.63, 3.8) is 0 Å². The van der Waals surface area contributed by atoms with Crippen LogP contribution in [-0.4, -0.2) is 34.1 Å². The SMILES string of the molecule is CC(C)[C@H](C)/C=C/[C@@H](C)[C@H]1CCC2/C(=C/CO)C([C@@]3(C)CC[C@H](O)C[C@@H]3O)CC[C@@]21C. The van der Waals surface area contributed by atoms with Gasteiger partial charge < -0.3 is 15.3 Å². The van der Waals surface area contributed by atoms with Gasteiger partial charge in [-0.05, 0) is 85.9 Å². The number of hydrogen-bond donors (Lipinski definition) is 3. The fraction of sp³-hybridized carbons (Fsp3) is 0.857. The molecule has 3 heteroatoms. The highest BCUT2D eigenvalue weighted by Crippen LogP contribution is 2.64. The molecule has 0 saturated heterocycles. The predicted octanol–water partition coefficient (Wildman–Crippen LogP) is 5.74. The second-order valence-corrected chi connectivity index (χ2v) is 12.0. The van der Waals surface area contributed by atoms with E-state index in [0.29, 0.717) is 41.9 Å². The molecule has 0 aromatic rings. The lowest BCUT2D eigenvalue weighted by Crippen LogP contribution is -2.50. The van der Waals surface area contributed by atoms with Gasteiger partial charge in [0, 0.05) is 5.41 Å². The summed E-state index contributed by atoms with van der Waals surface area (Å²) in [6.07, 6.45) is 13.0. The Morgan fingerprint density at radius 1 is 0.903 bits per heavy atom. The highest BCUT2D eigenvalue weighted by molar-refractivity contribution is 5.25. The minimum absolute atomic E-state index is 0.0826. The van der Waals surface area contributed by atoms with Gasteiger partial charge in [0.05, 0.1) is 18.8 Å². The molecule has 3 N–H and O–H groups in total. The van der Waals surface area contributed by atoms with Crippen molar-refractivity contribution >= 4 is 0 Å². The van der Waals surface area contributed by atoms with Crippen molar-refractivity contribution in [2.24, 2.45) is 46.3 Å². The molecule has 3 nitrogen and oxygen atoms in total. The highest BCUT2D eigenvalue weighted by atomic mass is 16.3. The van der Waals surface area contributed by atoms with Crippen LogP contribution in [0.5, 0.6) is 0 Å². The summed E-state index contributed by atoms with van der Waals surface area (Å²) in [4.78, 5) is 0. The van der Waals surface area contributed by atoms with Gasteiger partial charge in [-0.3, -0.25) is 0 Å². The molecule has 0 aromatic heterocycles. The fourth-order valence-electron chi connectivity index (χ4n) is 7.40. The number of fused-ring (bicyclic) bond motifs is 1. The summed E-state index contributed by atoms with van der Waals surface area (Å²) < 4.78 is 0. The van der Waals surface area contributed by atoms with Gasteiger partial charge in [0.2, 0.25) is 0 Å². The van der Waals surface area contributed by atoms with E-state index >= 15 is 0 Å². The largest absolute Gasteiger partial charge is 0.393 e. The molecule has 0 aromatic carbocycles. The Bertz CT molecular complexity index is 667. The summed E-state index contributed by atoms with van der Waals surface area (Å²) in [6, 6.07) is 0. The third-order valence-corrected chi connectivity index (χ3v) is 9.99. The first-order valence-corrected chi connectivity index (χ1v) is 12.9. The molecule has 0 radical (unpaired) electrons. The second kappa shape index (κ2) is 9.69. The molecule has 2 unspecified atom stereocenters. The molecule has 3 aliphatic carbocycles. The van der Waals surface area contributed by atoms with Crippen LogP contribution in [0, 0.1) is 46.3 Å². The summed E-state index contributed by atoms with van der Waals surface area (Å²) >= 11 is 0. The minimum atomic E-state index is -0.468. The van der Waals surface area contributed by atoms with Crippen molar-refractivity contribution in [2.45, 2.75) is 98.7 Å². The molecular formula is C28H48O3. The lowest BCUT2D eigenvalue weighted by molar-refractivity contribution is -0.0851. The minimum Gasteiger partial charge on any atom is -0.393 e. The molecule has 9 atom stereocenters. The summed E-state index contributed by atoms with van der Waals surface area (Å²) in [7, 11) is 0. The zero-order chi connectivity index (χ0) is 23.0. The molecule has 0 aliphatic heterocycles. The molecule has 0 spiro atoms. The maximum absolute atomic E-state index is 11.0. The lowest BCUT2D eigenvalue weighted by Gasteiger charge is -2.54. The number of allylic oxidation sites excluding steroid dienone is 3. The van der Waals surface area contributed by atoms with Gasteiger partial charge in [0.15, 0.2) is 0 Å². The molecule has 3 aliphatic rings. The Kier molecular flexibility index (Phi) is 7.81. The first kappa shape index (κ1) is 25.0. The van der Waals surface area contributed by atoms with Gasteiger partial charge in [-0.1, -0.05) is 65.3 Å². The molecule has 3 saturated carbocycles. The van der Waals surface area contributed by atoms with Crippen molar-refractivity contribution in [1.29, 1.82) is 0 Å². The smallest absolute Gasteiger partial charge is 0.0624 e. The van der Waals surface area contributed by atoms with Gasteiger partial charge >= 0.3 is 0 Å². The highest BCUT2D eigenvalue weighted by Gasteiger charge is 2.56. The van der Waals surface area contributed by atoms with Crippen LogP contribution in [0.2, 0.25) is 0 Å². The molecule has 0 heterocycles. The molecule has 31 heavy (non-hydrogen) atoms. The van der Waals surface area contributed by atoms with E-state index in [0.717, 1.165) is 19.3 Å². The van der Waals surface area contributed by atoms with E-state index in [1.807, 2.05) is 0 Å². The Hall–Kier alpha value is -0.640. The number of aliphatic hydroxyl groups excluding tert-OH is 3. The number of aliphatic hydroxyl groups is 3. The van der Waals surface area contributed by atoms with Crippen LogP contribution in [0.15, 0.2) is 23.8 Å². The molecular weight excluding hydrogens is 384 g/mol. The van der Waals surface area contributed by atoms with Crippen LogP contribution < -0.4 is 0 Å². The van der Waals surface area contributed by atoms with E-state index in [1.54, 1.807) is 0 Å². The van der Waals surface area contributed by atoms with E-state index in [-0.39, 0.29) is 23.5 Å². The number of hydrogen-bond acceptors (Lipinski definition) is 3. The van der Waals surface area contributed by atoms with Gasteiger partial charge in [-0.25, -0.2) is 0 Å². The molecule has 3 rings (SSSR count). The average Bonchev–Trinajstić information content (AvgIpc) is 3.07. The van der Waals surface area contributed by atoms with Crippen LogP contribution in [-0.2, 0) is 0 Å². The maximum Gasteiger partial charge on any atom is 0.0624 e. The molecule has 0 amide bonds. The van der Waals surface area contributed by atoms with Crippen molar-refractivity contribution < 1.29 is 15.3 Å². The van der Waals surface area contributed by atoms with Crippen LogP contribution >= 0.6 is 0 Å². The van der Waals surface area contributed by atoms with Gasteiger partial charge in [0.1, 0.15) is 0 Å². The topological polar surface area (TPSA) is 60.7 Å². The standard InChI is InChI=1S/C28H48O3/c1-18(2)19(3)7-8-20(4)23-9-10-24-22(13-16-29)25(12-15-27(23,24)5)28(6)14-11-21(30)17-26(28)31/h7-8,13,18-21,23-26,29-31H,9-12,14-17H2,1-6H3/b8-7+,22-13-/t19-,20-,21+,23-,24?,25?,26+,27-,28-/m1/s1. The Morgan fingerprint density at radius 3 is 2.16 bits per heavy atom. The third-order valence-electron chi connectivity index (χ3n) is 9.99. The first-order chi connectivity index (χ1) is 14.5. The molecule has 0 bridgehead atoms. The first-order valence-electron chi connectivity index (χ1n) is 12.9. The monoisotopic (exact) mass is 432 g/mol. The van der Waals surface area contributed by atoms with Crippen molar-refractivity contribution in [1.82, 2.24) is 0 Å². The van der Waals surface area contributed by atoms with Crippen LogP contribution in [0.25, 0.3) is 0 Å². The maximum atomic E-state index is 11.0. The van der Waals surface area contributed by atoms with E-state index < -0.39 is 6.10 Å². The van der Waals surface area contributed by atoms with Crippen molar-refractivity contribution in [3.05, 3.63) is 23.8 Å². The van der Waals surface area contributed by atoms with Crippen molar-refractivity contribution in [2.75, 3.05) is 6.61 Å². The van der Waals surface area contributed by atoms with Gasteiger partial charge in [-0.2, -0.15) is 0 Å². The van der Waals surface area contributed by atoms with Gasteiger partial charge in [-0.15, -0.1) is 0 Å². The van der Waals surface area contributed by atoms with E-state index in [1.165, 1.54) is 24.8 Å². The Morgan fingerprint density at radius 2 is 1.55 bits per heavy atom. The summed E-state index contributed by atoms with van der Waals surface area (Å²) in [6.45, 7) is 14.1. The van der Waals surface area contributed by atoms with Crippen LogP contribution in [0.4, 0.5) is 0 Å². The third kappa shape index (κ3) is 4.70. The summed E-state index contributed by atoms with van der Waals surface area (Å²) in [5, 5.41) is 31.0. The zero-order valence-corrected chi connectivity index (χ0v) is 20.8. The molecule has 3 fully saturated rings. The van der Waals surface area contributed by atoms with E-state index in [4.69, 9.17) is 0 Å². The lowest BCUT2D eigenvalue weighted by atomic mass is 9.51. The summed E-state index contributed by atoms with van der Waals surface area (Å²) in [5.41, 5.74) is 1.47. The van der Waals surface area contributed by atoms with Crippen LogP contribution in [0.3, 0.4) is 0 Å². The zero-order valence-electron chi connectivity index (χ0n) is 20.8. The Labute approximate surface area is 191 Å². The average molecular weight is 433 g/mol. The van der Waals surface area contributed by atoms with Gasteiger partial charge in [0.25, 0.3) is 0 Å². The normalized spacial score (nSPS) is 44.7. The quantitative estimate of drug-likeness (QED) is 0.469. The van der Waals surface area contributed by atoms with E-state index in [2.05, 4.69) is 59.8 Å². The number of rotatable bonds is 6.